The van der Waals surface area contributed by atoms with Crippen molar-refractivity contribution in [1.29, 1.82) is 0 Å². The van der Waals surface area contributed by atoms with Gasteiger partial charge in [0.05, 0.1) is 0 Å². The molecule has 0 unspecified atom stereocenters. The van der Waals surface area contributed by atoms with Crippen molar-refractivity contribution < 1.29 is 14.4 Å². The molecule has 0 aromatic heterocycles. The molecule has 0 N–H and O–H groups in total. The molecular weight excluding hydrogens is 303 g/mol. The average molecular weight is 319 g/mol. The Morgan fingerprint density at radius 2 is 1.82 bits per heavy atom. The van der Waals surface area contributed by atoms with E-state index in [2.05, 4.69) is 15.9 Å². The highest BCUT2D eigenvalue weighted by molar-refractivity contribution is 9.09. The predicted molar refractivity (Wildman–Crippen MR) is 69.9 cm³/mol. The molecule has 0 spiro atoms. The van der Waals surface area contributed by atoms with E-state index in [9.17, 15) is 14.4 Å². The van der Waals surface area contributed by atoms with Gasteiger partial charge in [-0.05, 0) is 48.9 Å². The Bertz CT molecular complexity index is 440. The van der Waals surface area contributed by atoms with Crippen molar-refractivity contribution in [2.75, 3.05) is 5.33 Å². The summed E-state index contributed by atoms with van der Waals surface area (Å²) in [7, 11) is -4.68. The second kappa shape index (κ2) is 6.14. The molecule has 1 rings (SSSR count). The van der Waals surface area contributed by atoms with Gasteiger partial charge in [-0.1, -0.05) is 41.9 Å². The molecule has 0 heterocycles. The highest BCUT2D eigenvalue weighted by Gasteiger charge is 2.12. The second-order valence-electron chi connectivity index (χ2n) is 3.84. The Kier molecular flexibility index (Phi) is 5.39. The van der Waals surface area contributed by atoms with Crippen molar-refractivity contribution in [2.24, 2.45) is 0 Å². The van der Waals surface area contributed by atoms with Crippen LogP contribution in [0.1, 0.15) is 30.5 Å². The number of rotatable bonds is 5. The molecule has 0 radical (unpaired) electrons. The van der Waals surface area contributed by atoms with Crippen LogP contribution < -0.4 is 15.1 Å². The van der Waals surface area contributed by atoms with Gasteiger partial charge < -0.3 is 14.4 Å². The fraction of sp³-hybridized carbons (Fsp3) is 0.500. The Morgan fingerprint density at radius 1 is 1.18 bits per heavy atom. The molecule has 0 atom stereocenters. The van der Waals surface area contributed by atoms with E-state index in [1.54, 1.807) is 6.07 Å². The van der Waals surface area contributed by atoms with Gasteiger partial charge in [-0.15, -0.1) is 0 Å². The molecule has 0 aliphatic heterocycles. The zero-order valence-electron chi connectivity index (χ0n) is 10.0. The predicted octanol–water partition coefficient (Wildman–Crippen LogP) is 1.29. The lowest BCUT2D eigenvalue weighted by atomic mass is 9.96. The molecule has 0 bridgehead atoms. The summed E-state index contributed by atoms with van der Waals surface area (Å²) >= 11 is 3.30. The van der Waals surface area contributed by atoms with Gasteiger partial charge in [0.1, 0.15) is 0 Å². The molecule has 0 aliphatic carbocycles. The maximum absolute atomic E-state index is 11.3. The van der Waals surface area contributed by atoms with Crippen LogP contribution >= 0.6 is 23.5 Å². The van der Waals surface area contributed by atoms with Gasteiger partial charge in [-0.2, -0.15) is 0 Å². The zero-order valence-corrected chi connectivity index (χ0v) is 12.5. The zero-order chi connectivity index (χ0) is 13.1. The lowest BCUT2D eigenvalue weighted by Crippen LogP contribution is -2.29. The molecule has 1 aromatic rings. The third kappa shape index (κ3) is 3.41. The van der Waals surface area contributed by atoms with Crippen LogP contribution in [0.3, 0.4) is 0 Å². The van der Waals surface area contributed by atoms with E-state index in [0.29, 0.717) is 17.3 Å². The molecule has 17 heavy (non-hydrogen) atoms. The summed E-state index contributed by atoms with van der Waals surface area (Å²) in [6, 6.07) is 3.21. The number of hydrogen-bond acceptors (Lipinski definition) is 3. The molecule has 96 valence electrons. The third-order valence-electron chi connectivity index (χ3n) is 2.88. The van der Waals surface area contributed by atoms with Crippen LogP contribution in [0, 0.1) is 0 Å². The van der Waals surface area contributed by atoms with E-state index in [1.165, 1.54) is 6.07 Å². The largest absolute Gasteiger partial charge is 0.807 e. The number of benzene rings is 1. The minimum atomic E-state index is -4.68. The highest BCUT2D eigenvalue weighted by atomic mass is 79.9. The number of alkyl halides is 1. The molecule has 0 fully saturated rings. The lowest BCUT2D eigenvalue weighted by Gasteiger charge is -2.33. The van der Waals surface area contributed by atoms with Crippen molar-refractivity contribution in [1.82, 2.24) is 0 Å². The van der Waals surface area contributed by atoms with Crippen LogP contribution in [0.15, 0.2) is 12.1 Å². The molecule has 1 aromatic carbocycles. The van der Waals surface area contributed by atoms with Gasteiger partial charge in [-0.25, -0.2) is 0 Å². The molecule has 0 aliphatic rings. The Balaban J connectivity index is 3.47. The van der Waals surface area contributed by atoms with Gasteiger partial charge in [0.25, 0.3) is 0 Å². The molecule has 0 saturated carbocycles. The van der Waals surface area contributed by atoms with Crippen molar-refractivity contribution >= 4 is 28.8 Å². The maximum atomic E-state index is 11.3. The van der Waals surface area contributed by atoms with Crippen LogP contribution in [0.2, 0.25) is 0 Å². The molecule has 3 nitrogen and oxygen atoms in total. The summed E-state index contributed by atoms with van der Waals surface area (Å²) < 4.78 is 11.3. The fourth-order valence-electron chi connectivity index (χ4n) is 2.13. The summed E-state index contributed by atoms with van der Waals surface area (Å²) in [5, 5.41) is 0.617. The van der Waals surface area contributed by atoms with Crippen molar-refractivity contribution in [2.45, 2.75) is 33.1 Å². The van der Waals surface area contributed by atoms with E-state index in [-0.39, 0.29) is 5.30 Å². The summed E-state index contributed by atoms with van der Waals surface area (Å²) in [4.78, 5) is 22.5. The minimum Gasteiger partial charge on any atom is -0.807 e. The Morgan fingerprint density at radius 3 is 2.24 bits per heavy atom. The monoisotopic (exact) mass is 318 g/mol. The summed E-state index contributed by atoms with van der Waals surface area (Å²) in [5.41, 5.74) is 2.83. The number of aryl methyl sites for hydroxylation is 1. The molecular formula is C12H16BrO3P-2. The lowest BCUT2D eigenvalue weighted by molar-refractivity contribution is -0.308. The van der Waals surface area contributed by atoms with E-state index in [0.717, 1.165) is 24.0 Å². The highest BCUT2D eigenvalue weighted by Crippen LogP contribution is 2.29. The van der Waals surface area contributed by atoms with E-state index >= 15 is 0 Å². The average Bonchev–Trinajstić information content (AvgIpc) is 2.27. The third-order valence-corrected chi connectivity index (χ3v) is 4.28. The second-order valence-corrected chi connectivity index (χ2v) is 6.11. The van der Waals surface area contributed by atoms with E-state index in [4.69, 9.17) is 0 Å². The van der Waals surface area contributed by atoms with Gasteiger partial charge in [0.2, 0.25) is 0 Å². The Labute approximate surface area is 111 Å². The normalized spacial score (nSPS) is 11.8. The molecule has 0 saturated heterocycles. The summed E-state index contributed by atoms with van der Waals surface area (Å²) in [5.74, 6) is 0. The number of hydrogen-bond donors (Lipinski definition) is 0. The van der Waals surface area contributed by atoms with Crippen molar-refractivity contribution in [3.63, 3.8) is 0 Å². The number of halogens is 1. The fourth-order valence-corrected chi connectivity index (χ4v) is 3.36. The topological polar surface area (TPSA) is 63.2 Å². The maximum Gasteiger partial charge on any atom is 0.00721 e. The summed E-state index contributed by atoms with van der Waals surface area (Å²) in [6.45, 7) is 4.01. The Hall–Kier alpha value is -0.150. The van der Waals surface area contributed by atoms with Crippen LogP contribution in [-0.4, -0.2) is 5.33 Å². The summed E-state index contributed by atoms with van der Waals surface area (Å²) in [6.07, 6.45) is 2.17. The standard InChI is InChI=1S/C12H18BrO3P/c1-3-9-5-6-12(17(14,15)16)11(7-8-13)10(9)4-2/h5-6H,3-4,7-8H2,1-2H3,(H2,14,15,16)/p-2. The SMILES string of the molecule is CCc1ccc(P(=O)([O-])[O-])c(CCBr)c1CC. The van der Waals surface area contributed by atoms with Crippen LogP contribution in [0.25, 0.3) is 0 Å². The quantitative estimate of drug-likeness (QED) is 0.607. The van der Waals surface area contributed by atoms with E-state index < -0.39 is 7.60 Å². The minimum absolute atomic E-state index is 0.0361. The smallest absolute Gasteiger partial charge is 0.00721 e. The van der Waals surface area contributed by atoms with Gasteiger partial charge >= 0.3 is 0 Å². The molecule has 5 heteroatoms. The van der Waals surface area contributed by atoms with Crippen molar-refractivity contribution in [3.05, 3.63) is 28.8 Å². The van der Waals surface area contributed by atoms with Crippen LogP contribution in [0.4, 0.5) is 0 Å². The van der Waals surface area contributed by atoms with Gasteiger partial charge in [0.15, 0.2) is 0 Å². The van der Waals surface area contributed by atoms with Crippen molar-refractivity contribution in [3.8, 4) is 0 Å². The first-order chi connectivity index (χ1) is 7.95. The van der Waals surface area contributed by atoms with Gasteiger partial charge in [-0.3, -0.25) is 0 Å². The first-order valence-electron chi connectivity index (χ1n) is 5.67. The van der Waals surface area contributed by atoms with E-state index in [1.807, 2.05) is 13.8 Å². The van der Waals surface area contributed by atoms with Crippen LogP contribution in [0.5, 0.6) is 0 Å². The van der Waals surface area contributed by atoms with Crippen LogP contribution in [-0.2, 0) is 23.8 Å². The first kappa shape index (κ1) is 14.9. The first-order valence-corrected chi connectivity index (χ1v) is 8.34. The van der Waals surface area contributed by atoms with Gasteiger partial charge in [0, 0.05) is 5.33 Å². The molecule has 0 amide bonds.